The minimum Gasteiger partial charge on any atom is -0.360 e. The van der Waals surface area contributed by atoms with Crippen molar-refractivity contribution in [3.05, 3.63) is 29.8 Å². The third-order valence-corrected chi connectivity index (χ3v) is 2.23. The van der Waals surface area contributed by atoms with Gasteiger partial charge >= 0.3 is 6.18 Å². The zero-order valence-corrected chi connectivity index (χ0v) is 7.73. The molecule has 0 unspecified atom stereocenters. The van der Waals surface area contributed by atoms with E-state index in [-0.39, 0.29) is 6.04 Å². The number of alkyl halides is 3. The second kappa shape index (κ2) is 3.25. The van der Waals surface area contributed by atoms with Gasteiger partial charge in [-0.2, -0.15) is 13.2 Å². The Morgan fingerprint density at radius 3 is 2.40 bits per heavy atom. The van der Waals surface area contributed by atoms with Crippen molar-refractivity contribution in [3.63, 3.8) is 0 Å². The molecule has 0 amide bonds. The average molecular weight is 215 g/mol. The van der Waals surface area contributed by atoms with E-state index in [1.807, 2.05) is 0 Å². The standard InChI is InChI=1S/C10H9F3N2/c11-10(12,13)7-1-3-9(4-2-7)15-5-8(14)6-15/h1-4,14H,5-6H2/i3D. The van der Waals surface area contributed by atoms with Crippen LogP contribution in [-0.4, -0.2) is 18.8 Å². The number of benzene rings is 1. The van der Waals surface area contributed by atoms with Crippen molar-refractivity contribution >= 4 is 11.4 Å². The molecule has 0 spiro atoms. The van der Waals surface area contributed by atoms with E-state index in [9.17, 15) is 13.2 Å². The summed E-state index contributed by atoms with van der Waals surface area (Å²) in [6.07, 6.45) is -4.41. The largest absolute Gasteiger partial charge is 0.416 e. The Kier molecular flexibility index (Phi) is 1.90. The maximum atomic E-state index is 12.3. The second-order valence-electron chi connectivity index (χ2n) is 3.42. The van der Waals surface area contributed by atoms with Gasteiger partial charge in [0, 0.05) is 11.4 Å². The van der Waals surface area contributed by atoms with E-state index in [2.05, 4.69) is 0 Å². The Morgan fingerprint density at radius 2 is 1.93 bits per heavy atom. The number of nitrogens with one attached hydrogen (secondary N) is 1. The average Bonchev–Trinajstić information content (AvgIpc) is 2.12. The molecule has 80 valence electrons. The van der Waals surface area contributed by atoms with E-state index in [1.54, 1.807) is 4.90 Å². The van der Waals surface area contributed by atoms with Crippen molar-refractivity contribution in [3.8, 4) is 0 Å². The molecule has 0 aliphatic carbocycles. The highest BCUT2D eigenvalue weighted by atomic mass is 19.4. The molecule has 1 aliphatic rings. The Hall–Kier alpha value is -1.52. The van der Waals surface area contributed by atoms with E-state index in [4.69, 9.17) is 6.78 Å². The number of anilines is 1. The minimum atomic E-state index is -4.41. The molecular weight excluding hydrogens is 205 g/mol. The molecule has 1 fully saturated rings. The Balaban J connectivity index is 2.27. The van der Waals surface area contributed by atoms with Crippen LogP contribution in [0.15, 0.2) is 24.2 Å². The maximum Gasteiger partial charge on any atom is 0.416 e. The number of halogens is 3. The highest BCUT2D eigenvalue weighted by Crippen LogP contribution is 2.30. The third kappa shape index (κ3) is 1.95. The van der Waals surface area contributed by atoms with Crippen LogP contribution in [0.1, 0.15) is 6.93 Å². The van der Waals surface area contributed by atoms with Crippen molar-refractivity contribution in [2.24, 2.45) is 0 Å². The highest BCUT2D eigenvalue weighted by Gasteiger charge is 2.30. The van der Waals surface area contributed by atoms with Crippen LogP contribution in [0.2, 0.25) is 0 Å². The van der Waals surface area contributed by atoms with Crippen molar-refractivity contribution in [1.29, 1.82) is 5.41 Å². The number of nitrogens with zero attached hydrogens (tertiary/aromatic N) is 1. The summed E-state index contributed by atoms with van der Waals surface area (Å²) in [5.41, 5.74) is 0.167. The molecule has 5 heteroatoms. The first-order chi connectivity index (χ1) is 7.38. The third-order valence-electron chi connectivity index (χ3n) is 2.23. The van der Waals surface area contributed by atoms with Gasteiger partial charge in [-0.3, -0.25) is 0 Å². The smallest absolute Gasteiger partial charge is 0.360 e. The van der Waals surface area contributed by atoms with Crippen LogP contribution in [0.5, 0.6) is 0 Å². The predicted octanol–water partition coefficient (Wildman–Crippen LogP) is 2.55. The molecule has 0 atom stereocenters. The van der Waals surface area contributed by atoms with E-state index in [0.29, 0.717) is 24.5 Å². The van der Waals surface area contributed by atoms with Gasteiger partial charge in [0.15, 0.2) is 0 Å². The van der Waals surface area contributed by atoms with Crippen LogP contribution < -0.4 is 4.90 Å². The lowest BCUT2D eigenvalue weighted by Crippen LogP contribution is -2.46. The van der Waals surface area contributed by atoms with E-state index >= 15 is 0 Å². The molecule has 1 aromatic rings. The Bertz CT molecular complexity index is 434. The highest BCUT2D eigenvalue weighted by molar-refractivity contribution is 5.97. The summed E-state index contributed by atoms with van der Waals surface area (Å²) in [5.74, 6) is 0. The quantitative estimate of drug-likeness (QED) is 0.765. The molecule has 15 heavy (non-hydrogen) atoms. The summed E-state index contributed by atoms with van der Waals surface area (Å²) in [5, 5.41) is 7.24. The van der Waals surface area contributed by atoms with E-state index < -0.39 is 11.7 Å². The first-order valence-corrected chi connectivity index (χ1v) is 4.37. The molecule has 1 heterocycles. The van der Waals surface area contributed by atoms with Gasteiger partial charge in [-0.25, -0.2) is 0 Å². The van der Waals surface area contributed by atoms with Crippen molar-refractivity contribution in [2.75, 3.05) is 18.0 Å². The van der Waals surface area contributed by atoms with Crippen molar-refractivity contribution < 1.29 is 14.5 Å². The van der Waals surface area contributed by atoms with Gasteiger partial charge < -0.3 is 10.3 Å². The molecule has 0 saturated carbocycles. The molecule has 1 saturated heterocycles. The van der Waals surface area contributed by atoms with Gasteiger partial charge in [0.1, 0.15) is 0 Å². The topological polar surface area (TPSA) is 27.1 Å². The van der Waals surface area contributed by atoms with E-state index in [0.717, 1.165) is 12.1 Å². The second-order valence-corrected chi connectivity index (χ2v) is 3.42. The van der Waals surface area contributed by atoms with Gasteiger partial charge in [-0.1, -0.05) is 0 Å². The molecule has 1 aliphatic heterocycles. The predicted molar refractivity (Wildman–Crippen MR) is 51.4 cm³/mol. The van der Waals surface area contributed by atoms with Crippen LogP contribution in [0, 0.1) is 5.41 Å². The lowest BCUT2D eigenvalue weighted by atomic mass is 10.1. The van der Waals surface area contributed by atoms with Gasteiger partial charge in [0.25, 0.3) is 0 Å². The summed E-state index contributed by atoms with van der Waals surface area (Å²) in [7, 11) is 0. The van der Waals surface area contributed by atoms with Gasteiger partial charge in [0.05, 0.1) is 20.0 Å². The molecule has 0 aromatic heterocycles. The van der Waals surface area contributed by atoms with Crippen LogP contribution in [-0.2, 0) is 6.18 Å². The molecule has 2 rings (SSSR count). The summed E-state index contributed by atoms with van der Waals surface area (Å²) in [4.78, 5) is 1.70. The minimum absolute atomic E-state index is 0.151. The van der Waals surface area contributed by atoms with Crippen molar-refractivity contribution in [1.82, 2.24) is 0 Å². The Labute approximate surface area is 86.2 Å². The van der Waals surface area contributed by atoms with E-state index in [1.165, 1.54) is 6.07 Å². The van der Waals surface area contributed by atoms with Crippen LogP contribution in [0.25, 0.3) is 0 Å². The zero-order chi connectivity index (χ0) is 11.9. The summed E-state index contributed by atoms with van der Waals surface area (Å²) in [6, 6.07) is 2.92. The molecule has 2 nitrogen and oxygen atoms in total. The number of hydrogen-bond donors (Lipinski definition) is 1. The van der Waals surface area contributed by atoms with Gasteiger partial charge in [0.2, 0.25) is 0 Å². The fourth-order valence-corrected chi connectivity index (χ4v) is 1.37. The fraction of sp³-hybridized carbons (Fsp3) is 0.300. The summed E-state index contributed by atoms with van der Waals surface area (Å²) in [6.45, 7) is 0.800. The van der Waals surface area contributed by atoms with Gasteiger partial charge in [-0.05, 0) is 24.2 Å². The van der Waals surface area contributed by atoms with Gasteiger partial charge in [-0.15, -0.1) is 0 Å². The van der Waals surface area contributed by atoms with Crippen LogP contribution in [0.4, 0.5) is 18.9 Å². The normalized spacial score (nSPS) is 17.4. The first-order valence-electron chi connectivity index (χ1n) is 4.87. The fourth-order valence-electron chi connectivity index (χ4n) is 1.37. The molecule has 0 bridgehead atoms. The molecule has 0 radical (unpaired) electrons. The van der Waals surface area contributed by atoms with Crippen molar-refractivity contribution in [2.45, 2.75) is 6.18 Å². The van der Waals surface area contributed by atoms with Crippen LogP contribution in [0.3, 0.4) is 0 Å². The Morgan fingerprint density at radius 1 is 1.27 bits per heavy atom. The summed E-state index contributed by atoms with van der Waals surface area (Å²) >= 11 is 0. The number of hydrogen-bond acceptors (Lipinski definition) is 2. The summed E-state index contributed by atoms with van der Waals surface area (Å²) < 4.78 is 44.5. The zero-order valence-electron chi connectivity index (χ0n) is 8.73. The lowest BCUT2D eigenvalue weighted by Gasteiger charge is -2.34. The maximum absolute atomic E-state index is 12.3. The molecular formula is C10H9F3N2. The van der Waals surface area contributed by atoms with Crippen LogP contribution >= 0.6 is 0 Å². The first kappa shape index (κ1) is 8.76. The monoisotopic (exact) mass is 215 g/mol. The molecule has 1 N–H and O–H groups in total. The molecule has 1 aromatic carbocycles. The number of rotatable bonds is 1. The lowest BCUT2D eigenvalue weighted by molar-refractivity contribution is -0.137. The SMILES string of the molecule is [2H]c1cc(C(F)(F)F)ccc1N1CC(=N)C1.